The van der Waals surface area contributed by atoms with Gasteiger partial charge in [0.05, 0.1) is 12.2 Å². The number of aromatic nitrogens is 1. The number of nitriles is 1. The van der Waals surface area contributed by atoms with Crippen molar-refractivity contribution in [2.75, 3.05) is 6.61 Å². The highest BCUT2D eigenvalue weighted by Gasteiger charge is 2.45. The number of ether oxygens (including phenoxy) is 1. The van der Waals surface area contributed by atoms with Gasteiger partial charge in [0.25, 0.3) is 12.4 Å². The fourth-order valence-electron chi connectivity index (χ4n) is 2.98. The molecular formula is C19H15ClF2N4O2. The second kappa shape index (κ2) is 7.90. The van der Waals surface area contributed by atoms with E-state index in [9.17, 15) is 13.6 Å². The molecule has 0 radical (unpaired) electrons. The fraction of sp³-hybridized carbons (Fsp3) is 0.263. The number of Topliss-reactive ketones (excluding diaryl/α,β-unsaturated/α-hetero) is 1. The Bertz CT molecular complexity index is 973. The topological polar surface area (TPSA) is 101 Å². The molecule has 0 bridgehead atoms. The number of hydrogen-bond acceptors (Lipinski definition) is 6. The first kappa shape index (κ1) is 19.7. The highest BCUT2D eigenvalue weighted by molar-refractivity contribution is 6.31. The van der Waals surface area contributed by atoms with Gasteiger partial charge in [-0.15, -0.1) is 0 Å². The Labute approximate surface area is 164 Å². The van der Waals surface area contributed by atoms with E-state index in [1.807, 2.05) is 6.07 Å². The molecule has 0 aliphatic carbocycles. The quantitative estimate of drug-likeness (QED) is 0.771. The van der Waals surface area contributed by atoms with Crippen LogP contribution in [0.1, 0.15) is 33.6 Å². The van der Waals surface area contributed by atoms with E-state index in [0.29, 0.717) is 11.1 Å². The van der Waals surface area contributed by atoms with Crippen molar-refractivity contribution in [2.45, 2.75) is 24.8 Å². The summed E-state index contributed by atoms with van der Waals surface area (Å²) in [6.45, 7) is -0.0195. The SMILES string of the molecule is N#Cc1ccc(C(=O)Cc2ccc(Cl)c([C@]3(C(F)F)CCOC(N)=N3)c2)nc1. The van der Waals surface area contributed by atoms with Crippen LogP contribution in [0.25, 0.3) is 0 Å². The zero-order valence-corrected chi connectivity index (χ0v) is 15.3. The van der Waals surface area contributed by atoms with Crippen molar-refractivity contribution in [3.8, 4) is 6.07 Å². The number of halogens is 3. The minimum Gasteiger partial charge on any atom is -0.465 e. The molecule has 144 valence electrons. The van der Waals surface area contributed by atoms with E-state index in [1.54, 1.807) is 6.07 Å². The van der Waals surface area contributed by atoms with Crippen molar-refractivity contribution >= 4 is 23.4 Å². The normalized spacial score (nSPS) is 18.9. The maximum absolute atomic E-state index is 14.0. The van der Waals surface area contributed by atoms with Crippen LogP contribution < -0.4 is 5.73 Å². The monoisotopic (exact) mass is 404 g/mol. The van der Waals surface area contributed by atoms with Crippen LogP contribution in [0.4, 0.5) is 8.78 Å². The van der Waals surface area contributed by atoms with Crippen LogP contribution in [-0.2, 0) is 16.7 Å². The van der Waals surface area contributed by atoms with Gasteiger partial charge in [-0.1, -0.05) is 23.7 Å². The number of pyridine rings is 1. The molecule has 1 aliphatic rings. The predicted octanol–water partition coefficient (Wildman–Crippen LogP) is 3.23. The molecule has 1 aliphatic heterocycles. The van der Waals surface area contributed by atoms with Crippen LogP contribution in [0.2, 0.25) is 5.02 Å². The molecule has 9 heteroatoms. The van der Waals surface area contributed by atoms with E-state index >= 15 is 0 Å². The molecule has 1 aromatic heterocycles. The first-order chi connectivity index (χ1) is 13.4. The molecule has 28 heavy (non-hydrogen) atoms. The number of nitrogens with two attached hydrogens (primary N) is 1. The van der Waals surface area contributed by atoms with E-state index in [4.69, 9.17) is 27.3 Å². The Hall–Kier alpha value is -3.05. The molecule has 1 aromatic carbocycles. The number of amidine groups is 1. The van der Waals surface area contributed by atoms with Crippen molar-refractivity contribution in [1.82, 2.24) is 4.98 Å². The zero-order valence-electron chi connectivity index (χ0n) is 14.5. The maximum atomic E-state index is 14.0. The summed E-state index contributed by atoms with van der Waals surface area (Å²) in [5, 5.41) is 8.90. The summed E-state index contributed by atoms with van der Waals surface area (Å²) in [6.07, 6.45) is -1.73. The van der Waals surface area contributed by atoms with Gasteiger partial charge in [0.2, 0.25) is 0 Å². The van der Waals surface area contributed by atoms with Crippen LogP contribution in [0.15, 0.2) is 41.5 Å². The van der Waals surface area contributed by atoms with Gasteiger partial charge in [-0.3, -0.25) is 9.78 Å². The summed E-state index contributed by atoms with van der Waals surface area (Å²) in [7, 11) is 0. The molecule has 2 heterocycles. The molecule has 6 nitrogen and oxygen atoms in total. The molecule has 0 amide bonds. The molecule has 0 fully saturated rings. The average Bonchev–Trinajstić information content (AvgIpc) is 2.69. The summed E-state index contributed by atoms with van der Waals surface area (Å²) in [5.41, 5.74) is 4.67. The van der Waals surface area contributed by atoms with E-state index < -0.39 is 12.0 Å². The number of aliphatic imine (C=N–C) groups is 1. The van der Waals surface area contributed by atoms with Crippen LogP contribution in [0, 0.1) is 11.3 Å². The number of ketones is 1. The number of hydrogen-bond donors (Lipinski definition) is 1. The van der Waals surface area contributed by atoms with Gasteiger partial charge in [0.15, 0.2) is 11.3 Å². The summed E-state index contributed by atoms with van der Waals surface area (Å²) >= 11 is 6.19. The minimum absolute atomic E-state index is 0.0195. The van der Waals surface area contributed by atoms with Gasteiger partial charge in [-0.2, -0.15) is 5.26 Å². The van der Waals surface area contributed by atoms with Crippen molar-refractivity contribution in [1.29, 1.82) is 5.26 Å². The van der Waals surface area contributed by atoms with Gasteiger partial charge < -0.3 is 10.5 Å². The van der Waals surface area contributed by atoms with Crippen LogP contribution in [-0.4, -0.2) is 29.8 Å². The smallest absolute Gasteiger partial charge is 0.283 e. The second-order valence-corrected chi connectivity index (χ2v) is 6.64. The Morgan fingerprint density at radius 3 is 2.79 bits per heavy atom. The maximum Gasteiger partial charge on any atom is 0.283 e. The summed E-state index contributed by atoms with van der Waals surface area (Å²) in [6, 6.07) is 9.00. The van der Waals surface area contributed by atoms with Gasteiger partial charge >= 0.3 is 0 Å². The van der Waals surface area contributed by atoms with Gasteiger partial charge in [-0.25, -0.2) is 13.8 Å². The minimum atomic E-state index is -2.86. The average molecular weight is 405 g/mol. The predicted molar refractivity (Wildman–Crippen MR) is 98.3 cm³/mol. The number of carbonyl (C=O) groups excluding carboxylic acids is 1. The Morgan fingerprint density at radius 1 is 1.39 bits per heavy atom. The van der Waals surface area contributed by atoms with Crippen molar-refractivity contribution in [3.05, 3.63) is 63.9 Å². The number of nitrogens with zero attached hydrogens (tertiary/aromatic N) is 3. The Kier molecular flexibility index (Phi) is 5.56. The van der Waals surface area contributed by atoms with Crippen LogP contribution >= 0.6 is 11.6 Å². The van der Waals surface area contributed by atoms with E-state index in [-0.39, 0.29) is 47.5 Å². The number of benzene rings is 1. The molecule has 2 N–H and O–H groups in total. The highest BCUT2D eigenvalue weighted by Crippen LogP contribution is 2.42. The van der Waals surface area contributed by atoms with Gasteiger partial charge in [-0.05, 0) is 23.8 Å². The van der Waals surface area contributed by atoms with Crippen molar-refractivity contribution < 1.29 is 18.3 Å². The summed E-state index contributed by atoms with van der Waals surface area (Å²) in [4.78, 5) is 20.3. The molecule has 1 atom stereocenters. The summed E-state index contributed by atoms with van der Waals surface area (Å²) in [5.74, 6) is -0.321. The molecular weight excluding hydrogens is 390 g/mol. The lowest BCUT2D eigenvalue weighted by Gasteiger charge is -2.33. The molecule has 3 rings (SSSR count). The third-order valence-electron chi connectivity index (χ3n) is 4.44. The lowest BCUT2D eigenvalue weighted by Crippen LogP contribution is -2.41. The second-order valence-electron chi connectivity index (χ2n) is 6.23. The number of rotatable bonds is 5. The third-order valence-corrected chi connectivity index (χ3v) is 4.77. The molecule has 0 spiro atoms. The Morgan fingerprint density at radius 2 is 2.18 bits per heavy atom. The zero-order chi connectivity index (χ0) is 20.3. The fourth-order valence-corrected chi connectivity index (χ4v) is 3.26. The van der Waals surface area contributed by atoms with Gasteiger partial charge in [0.1, 0.15) is 11.8 Å². The molecule has 2 aromatic rings. The van der Waals surface area contributed by atoms with E-state index in [0.717, 1.165) is 0 Å². The molecule has 0 saturated carbocycles. The summed E-state index contributed by atoms with van der Waals surface area (Å²) < 4.78 is 32.9. The van der Waals surface area contributed by atoms with E-state index in [1.165, 1.54) is 30.5 Å². The number of carbonyl (C=O) groups is 1. The van der Waals surface area contributed by atoms with Crippen LogP contribution in [0.5, 0.6) is 0 Å². The molecule has 0 unspecified atom stereocenters. The first-order valence-electron chi connectivity index (χ1n) is 8.30. The van der Waals surface area contributed by atoms with Gasteiger partial charge in [0, 0.05) is 29.6 Å². The number of alkyl halides is 2. The lowest BCUT2D eigenvalue weighted by molar-refractivity contribution is 0.0267. The standard InChI is InChI=1S/C19H15ClF2N4O2/c20-14-3-1-11(8-16(27)15-4-2-12(9-23)10-25-15)7-13(14)19(17(21)22)5-6-28-18(24)26-19/h1-4,7,10,17H,5-6,8H2,(H2,24,26)/t19-/m0/s1. The molecule has 0 saturated heterocycles. The van der Waals surface area contributed by atoms with E-state index in [2.05, 4.69) is 9.98 Å². The third kappa shape index (κ3) is 3.80. The first-order valence-corrected chi connectivity index (χ1v) is 8.68. The highest BCUT2D eigenvalue weighted by atomic mass is 35.5. The van der Waals surface area contributed by atoms with Crippen molar-refractivity contribution in [2.24, 2.45) is 10.7 Å². The van der Waals surface area contributed by atoms with Crippen LogP contribution in [0.3, 0.4) is 0 Å². The lowest BCUT2D eigenvalue weighted by atomic mass is 9.85. The van der Waals surface area contributed by atoms with Crippen molar-refractivity contribution in [3.63, 3.8) is 0 Å². The largest absolute Gasteiger partial charge is 0.465 e. The Balaban J connectivity index is 1.93.